The number of nitrogens with one attached hydrogen (secondary N) is 1. The number of rotatable bonds is 8. The Kier molecular flexibility index (Phi) is 6.66. The number of amides is 2. The monoisotopic (exact) mass is 462 g/mol. The van der Waals surface area contributed by atoms with Crippen LogP contribution in [0.5, 0.6) is 11.5 Å². The van der Waals surface area contributed by atoms with Crippen molar-refractivity contribution < 1.29 is 19.1 Å². The van der Waals surface area contributed by atoms with Gasteiger partial charge in [-0.2, -0.15) is 0 Å². The molecule has 2 amide bonds. The molecule has 3 aromatic rings. The topological polar surface area (TPSA) is 67.9 Å². The molecule has 1 aliphatic rings. The summed E-state index contributed by atoms with van der Waals surface area (Å²) in [5, 5.41) is 3.74. The van der Waals surface area contributed by atoms with Crippen molar-refractivity contribution in [2.75, 3.05) is 19.0 Å². The number of para-hydroxylation sites is 1. The van der Waals surface area contributed by atoms with Crippen molar-refractivity contribution in [3.8, 4) is 11.5 Å². The molecule has 3 aromatic carbocycles. The summed E-state index contributed by atoms with van der Waals surface area (Å²) in [4.78, 5) is 28.2. The standard InChI is InChI=1S/C26H23ClN2O4/c1-3-33-20-14-12-19(13-15-20)28-24-23(21-6-4-5-7-22(21)32-2)25(30)29(26(24)31)16-17-8-10-18(27)11-9-17/h4-15,28H,3,16H2,1-2H3. The van der Waals surface area contributed by atoms with Gasteiger partial charge in [-0.05, 0) is 55.0 Å². The normalized spacial score (nSPS) is 13.5. The first kappa shape index (κ1) is 22.4. The number of carbonyl (C=O) groups excluding carboxylic acids is 2. The molecule has 1 aliphatic heterocycles. The summed E-state index contributed by atoms with van der Waals surface area (Å²) in [6.45, 7) is 2.60. The van der Waals surface area contributed by atoms with Crippen LogP contribution >= 0.6 is 11.6 Å². The summed E-state index contributed by atoms with van der Waals surface area (Å²) >= 11 is 5.98. The quantitative estimate of drug-likeness (QED) is 0.469. The molecule has 0 saturated heterocycles. The fourth-order valence-corrected chi connectivity index (χ4v) is 3.78. The van der Waals surface area contributed by atoms with Crippen LogP contribution in [-0.2, 0) is 16.1 Å². The lowest BCUT2D eigenvalue weighted by Gasteiger charge is -2.16. The highest BCUT2D eigenvalue weighted by Gasteiger charge is 2.40. The van der Waals surface area contributed by atoms with E-state index in [1.807, 2.05) is 25.1 Å². The summed E-state index contributed by atoms with van der Waals surface area (Å²) in [7, 11) is 1.53. The van der Waals surface area contributed by atoms with E-state index < -0.39 is 11.8 Å². The fourth-order valence-electron chi connectivity index (χ4n) is 3.65. The Morgan fingerprint density at radius 1 is 0.909 bits per heavy atom. The van der Waals surface area contributed by atoms with Gasteiger partial charge >= 0.3 is 0 Å². The van der Waals surface area contributed by atoms with E-state index in [0.29, 0.717) is 28.6 Å². The first-order valence-corrected chi connectivity index (χ1v) is 10.9. The molecule has 0 unspecified atom stereocenters. The number of benzene rings is 3. The lowest BCUT2D eigenvalue weighted by Crippen LogP contribution is -2.32. The van der Waals surface area contributed by atoms with Crippen LogP contribution < -0.4 is 14.8 Å². The Morgan fingerprint density at radius 2 is 1.61 bits per heavy atom. The van der Waals surface area contributed by atoms with Gasteiger partial charge < -0.3 is 14.8 Å². The van der Waals surface area contributed by atoms with Gasteiger partial charge in [0.2, 0.25) is 0 Å². The van der Waals surface area contributed by atoms with E-state index in [-0.39, 0.29) is 17.8 Å². The highest BCUT2D eigenvalue weighted by molar-refractivity contribution is 6.37. The van der Waals surface area contributed by atoms with Crippen LogP contribution in [0.1, 0.15) is 18.1 Å². The first-order chi connectivity index (χ1) is 16.0. The maximum Gasteiger partial charge on any atom is 0.278 e. The number of nitrogens with zero attached hydrogens (tertiary/aromatic N) is 1. The molecule has 1 N–H and O–H groups in total. The molecule has 0 fully saturated rings. The smallest absolute Gasteiger partial charge is 0.278 e. The van der Waals surface area contributed by atoms with E-state index >= 15 is 0 Å². The van der Waals surface area contributed by atoms with Gasteiger partial charge in [0.1, 0.15) is 17.2 Å². The number of carbonyl (C=O) groups is 2. The molecular formula is C26H23ClN2O4. The van der Waals surface area contributed by atoms with Crippen molar-refractivity contribution >= 4 is 34.7 Å². The van der Waals surface area contributed by atoms with E-state index in [4.69, 9.17) is 21.1 Å². The molecule has 168 valence electrons. The van der Waals surface area contributed by atoms with Crippen molar-refractivity contribution in [3.63, 3.8) is 0 Å². The van der Waals surface area contributed by atoms with Crippen LogP contribution in [0.4, 0.5) is 5.69 Å². The zero-order valence-corrected chi connectivity index (χ0v) is 19.1. The summed E-state index contributed by atoms with van der Waals surface area (Å²) in [5.41, 5.74) is 2.46. The molecule has 4 rings (SSSR count). The summed E-state index contributed by atoms with van der Waals surface area (Å²) in [6, 6.07) is 21.4. The SMILES string of the molecule is CCOc1ccc(NC2=C(c3ccccc3OC)C(=O)N(Cc3ccc(Cl)cc3)C2=O)cc1. The summed E-state index contributed by atoms with van der Waals surface area (Å²) in [5.74, 6) is 0.422. The minimum Gasteiger partial charge on any atom is -0.496 e. The highest BCUT2D eigenvalue weighted by Crippen LogP contribution is 2.36. The van der Waals surface area contributed by atoms with E-state index in [0.717, 1.165) is 11.3 Å². The molecule has 0 spiro atoms. The number of ether oxygens (including phenoxy) is 2. The van der Waals surface area contributed by atoms with Crippen molar-refractivity contribution in [2.45, 2.75) is 13.5 Å². The average molecular weight is 463 g/mol. The third-order valence-electron chi connectivity index (χ3n) is 5.23. The molecule has 0 radical (unpaired) electrons. The van der Waals surface area contributed by atoms with E-state index in [1.165, 1.54) is 12.0 Å². The molecule has 0 aliphatic carbocycles. The van der Waals surface area contributed by atoms with Gasteiger partial charge in [-0.25, -0.2) is 0 Å². The van der Waals surface area contributed by atoms with Crippen LogP contribution in [0, 0.1) is 0 Å². The predicted octanol–water partition coefficient (Wildman–Crippen LogP) is 5.14. The third-order valence-corrected chi connectivity index (χ3v) is 5.48. The second-order valence-electron chi connectivity index (χ2n) is 7.36. The number of imide groups is 1. The Bertz CT molecular complexity index is 1200. The molecule has 7 heteroatoms. The molecule has 0 saturated carbocycles. The highest BCUT2D eigenvalue weighted by atomic mass is 35.5. The third kappa shape index (κ3) is 4.71. The zero-order chi connectivity index (χ0) is 23.4. The van der Waals surface area contributed by atoms with Crippen molar-refractivity contribution in [2.24, 2.45) is 0 Å². The molecule has 0 atom stereocenters. The maximum atomic E-state index is 13.5. The zero-order valence-electron chi connectivity index (χ0n) is 18.3. The van der Waals surface area contributed by atoms with E-state index in [9.17, 15) is 9.59 Å². The lowest BCUT2D eigenvalue weighted by molar-refractivity contribution is -0.137. The van der Waals surface area contributed by atoms with Gasteiger partial charge in [0.25, 0.3) is 11.8 Å². The molecule has 33 heavy (non-hydrogen) atoms. The molecule has 1 heterocycles. The van der Waals surface area contributed by atoms with Crippen LogP contribution in [0.25, 0.3) is 5.57 Å². The summed E-state index contributed by atoms with van der Waals surface area (Å²) in [6.07, 6.45) is 0. The summed E-state index contributed by atoms with van der Waals surface area (Å²) < 4.78 is 11.0. The molecule has 0 bridgehead atoms. The average Bonchev–Trinajstić information content (AvgIpc) is 3.06. The van der Waals surface area contributed by atoms with Gasteiger partial charge in [-0.15, -0.1) is 0 Å². The molecule has 6 nitrogen and oxygen atoms in total. The van der Waals surface area contributed by atoms with Gasteiger partial charge in [0.05, 0.1) is 25.8 Å². The van der Waals surface area contributed by atoms with Gasteiger partial charge in [0, 0.05) is 16.3 Å². The Balaban J connectivity index is 1.73. The fraction of sp³-hybridized carbons (Fsp3) is 0.154. The van der Waals surface area contributed by atoms with Crippen LogP contribution in [-0.4, -0.2) is 30.4 Å². The maximum absolute atomic E-state index is 13.5. The van der Waals surface area contributed by atoms with Gasteiger partial charge in [-0.3, -0.25) is 14.5 Å². The number of halogens is 1. The number of hydrogen-bond donors (Lipinski definition) is 1. The van der Waals surface area contributed by atoms with Gasteiger partial charge in [0.15, 0.2) is 0 Å². The largest absolute Gasteiger partial charge is 0.496 e. The molecular weight excluding hydrogens is 440 g/mol. The van der Waals surface area contributed by atoms with Crippen molar-refractivity contribution in [1.82, 2.24) is 4.90 Å². The van der Waals surface area contributed by atoms with Gasteiger partial charge in [-0.1, -0.05) is 41.9 Å². The minimum atomic E-state index is -0.412. The van der Waals surface area contributed by atoms with Crippen LogP contribution in [0.15, 0.2) is 78.5 Å². The Hall–Kier alpha value is -3.77. The van der Waals surface area contributed by atoms with Crippen molar-refractivity contribution in [1.29, 1.82) is 0 Å². The lowest BCUT2D eigenvalue weighted by atomic mass is 10.0. The second-order valence-corrected chi connectivity index (χ2v) is 7.79. The first-order valence-electron chi connectivity index (χ1n) is 10.5. The second kappa shape index (κ2) is 9.79. The van der Waals surface area contributed by atoms with E-state index in [1.54, 1.807) is 54.6 Å². The number of hydrogen-bond acceptors (Lipinski definition) is 5. The minimum absolute atomic E-state index is 0.127. The Morgan fingerprint density at radius 3 is 2.27 bits per heavy atom. The van der Waals surface area contributed by atoms with Crippen LogP contribution in [0.2, 0.25) is 5.02 Å². The number of methoxy groups -OCH3 is 1. The Labute approximate surface area is 197 Å². The number of anilines is 1. The molecule has 0 aromatic heterocycles. The van der Waals surface area contributed by atoms with E-state index in [2.05, 4.69) is 5.32 Å². The predicted molar refractivity (Wildman–Crippen MR) is 128 cm³/mol. The van der Waals surface area contributed by atoms with Crippen molar-refractivity contribution in [3.05, 3.63) is 94.6 Å². The van der Waals surface area contributed by atoms with Crippen LogP contribution in [0.3, 0.4) is 0 Å².